The van der Waals surface area contributed by atoms with Crippen molar-refractivity contribution in [1.82, 2.24) is 5.32 Å². The van der Waals surface area contributed by atoms with Crippen molar-refractivity contribution in [3.63, 3.8) is 0 Å². The van der Waals surface area contributed by atoms with E-state index in [-0.39, 0.29) is 23.9 Å². The van der Waals surface area contributed by atoms with Gasteiger partial charge in [-0.2, -0.15) is 0 Å². The Morgan fingerprint density at radius 2 is 1.67 bits per heavy atom. The second-order valence-electron chi connectivity index (χ2n) is 2.39. The molecule has 1 rings (SSSR count). The second kappa shape index (κ2) is 4.85. The van der Waals surface area contributed by atoms with Crippen LogP contribution in [0.25, 0.3) is 0 Å². The lowest BCUT2D eigenvalue weighted by Gasteiger charge is -2.01. The minimum Gasteiger partial charge on any atom is -0.508 e. The standard InChI is InChI=1S/C8H11NO2.ClH/c1-9-5-6-2-7(10)4-8(11)3-6;/h2-4,9-11H,5H2,1H3;1H. The lowest BCUT2D eigenvalue weighted by Crippen LogP contribution is -2.04. The largest absolute Gasteiger partial charge is 0.508 e. The van der Waals surface area contributed by atoms with Gasteiger partial charge in [0.15, 0.2) is 0 Å². The third kappa shape index (κ3) is 2.98. The minimum absolute atomic E-state index is 0. The summed E-state index contributed by atoms with van der Waals surface area (Å²) in [6.45, 7) is 0.641. The van der Waals surface area contributed by atoms with Crippen molar-refractivity contribution in [3.8, 4) is 11.5 Å². The molecule has 0 spiro atoms. The maximum Gasteiger partial charge on any atom is 0.119 e. The van der Waals surface area contributed by atoms with Crippen LogP contribution < -0.4 is 5.32 Å². The van der Waals surface area contributed by atoms with Crippen LogP contribution in [0.3, 0.4) is 0 Å². The monoisotopic (exact) mass is 189 g/mol. The molecule has 0 aliphatic carbocycles. The van der Waals surface area contributed by atoms with E-state index >= 15 is 0 Å². The molecule has 0 bridgehead atoms. The number of aromatic hydroxyl groups is 2. The number of hydrogen-bond donors (Lipinski definition) is 3. The van der Waals surface area contributed by atoms with Crippen molar-refractivity contribution in [2.75, 3.05) is 7.05 Å². The highest BCUT2D eigenvalue weighted by molar-refractivity contribution is 5.85. The van der Waals surface area contributed by atoms with Gasteiger partial charge < -0.3 is 15.5 Å². The van der Waals surface area contributed by atoms with Crippen LogP contribution in [0.1, 0.15) is 5.56 Å². The Labute approximate surface area is 77.5 Å². The van der Waals surface area contributed by atoms with Gasteiger partial charge in [0.25, 0.3) is 0 Å². The van der Waals surface area contributed by atoms with Crippen LogP contribution in [-0.2, 0) is 6.54 Å². The Balaban J connectivity index is 0.00000121. The van der Waals surface area contributed by atoms with Crippen molar-refractivity contribution in [3.05, 3.63) is 23.8 Å². The SMILES string of the molecule is CNCc1cc(O)cc(O)c1.Cl. The molecule has 68 valence electrons. The zero-order valence-electron chi connectivity index (χ0n) is 6.74. The summed E-state index contributed by atoms with van der Waals surface area (Å²) in [6.07, 6.45) is 0. The highest BCUT2D eigenvalue weighted by atomic mass is 35.5. The van der Waals surface area contributed by atoms with Gasteiger partial charge in [0.1, 0.15) is 11.5 Å². The van der Waals surface area contributed by atoms with E-state index in [9.17, 15) is 0 Å². The van der Waals surface area contributed by atoms with Crippen molar-refractivity contribution < 1.29 is 10.2 Å². The average Bonchev–Trinajstić information content (AvgIpc) is 1.85. The molecule has 0 aliphatic heterocycles. The van der Waals surface area contributed by atoms with Crippen molar-refractivity contribution in [2.24, 2.45) is 0 Å². The van der Waals surface area contributed by atoms with Crippen LogP contribution in [0.15, 0.2) is 18.2 Å². The Bertz CT molecular complexity index is 233. The van der Waals surface area contributed by atoms with E-state index in [1.807, 2.05) is 0 Å². The van der Waals surface area contributed by atoms with Crippen LogP contribution in [0.4, 0.5) is 0 Å². The molecule has 0 saturated heterocycles. The first-order chi connectivity index (χ1) is 5.22. The fourth-order valence-corrected chi connectivity index (χ4v) is 0.963. The quantitative estimate of drug-likeness (QED) is 0.656. The van der Waals surface area contributed by atoms with E-state index in [0.29, 0.717) is 6.54 Å². The highest BCUT2D eigenvalue weighted by Crippen LogP contribution is 2.19. The molecule has 1 aromatic rings. The first-order valence-corrected chi connectivity index (χ1v) is 3.39. The van der Waals surface area contributed by atoms with Crippen LogP contribution in [0.2, 0.25) is 0 Å². The minimum atomic E-state index is 0. The summed E-state index contributed by atoms with van der Waals surface area (Å²) in [7, 11) is 1.81. The molecule has 0 heterocycles. The molecule has 4 heteroatoms. The van der Waals surface area contributed by atoms with E-state index in [1.54, 1.807) is 19.2 Å². The summed E-state index contributed by atoms with van der Waals surface area (Å²) >= 11 is 0. The maximum absolute atomic E-state index is 9.03. The summed E-state index contributed by atoms with van der Waals surface area (Å²) in [5.74, 6) is 0.186. The molecule has 0 unspecified atom stereocenters. The molecule has 0 amide bonds. The predicted octanol–water partition coefficient (Wildman–Crippen LogP) is 1.24. The van der Waals surface area contributed by atoms with Gasteiger partial charge in [-0.05, 0) is 24.7 Å². The molecule has 1 aromatic carbocycles. The molecule has 0 aliphatic rings. The highest BCUT2D eigenvalue weighted by Gasteiger charge is 1.96. The number of halogens is 1. The van der Waals surface area contributed by atoms with Crippen LogP contribution in [0, 0.1) is 0 Å². The van der Waals surface area contributed by atoms with E-state index in [1.165, 1.54) is 6.07 Å². The lowest BCUT2D eigenvalue weighted by atomic mass is 10.2. The van der Waals surface area contributed by atoms with Crippen LogP contribution in [0.5, 0.6) is 11.5 Å². The van der Waals surface area contributed by atoms with Gasteiger partial charge in [-0.25, -0.2) is 0 Å². The lowest BCUT2D eigenvalue weighted by molar-refractivity contribution is 0.449. The van der Waals surface area contributed by atoms with E-state index in [2.05, 4.69) is 5.32 Å². The second-order valence-corrected chi connectivity index (χ2v) is 2.39. The molecule has 0 radical (unpaired) electrons. The Kier molecular flexibility index (Phi) is 4.47. The third-order valence-corrected chi connectivity index (χ3v) is 1.34. The van der Waals surface area contributed by atoms with Gasteiger partial charge in [0.05, 0.1) is 0 Å². The van der Waals surface area contributed by atoms with Gasteiger partial charge in [0, 0.05) is 12.6 Å². The summed E-state index contributed by atoms with van der Waals surface area (Å²) in [4.78, 5) is 0. The van der Waals surface area contributed by atoms with Gasteiger partial charge in [-0.3, -0.25) is 0 Å². The molecule has 0 atom stereocenters. The molecular weight excluding hydrogens is 178 g/mol. The Morgan fingerprint density at radius 3 is 2.08 bits per heavy atom. The molecule has 3 N–H and O–H groups in total. The fraction of sp³-hybridized carbons (Fsp3) is 0.250. The molecule has 0 fully saturated rings. The number of phenolic OH excluding ortho intramolecular Hbond substituents is 2. The first-order valence-electron chi connectivity index (χ1n) is 3.39. The number of rotatable bonds is 2. The number of nitrogens with one attached hydrogen (secondary N) is 1. The summed E-state index contributed by atoms with van der Waals surface area (Å²) in [5, 5.41) is 21.0. The molecular formula is C8H12ClNO2. The normalized spacial score (nSPS) is 9.08. The predicted molar refractivity (Wildman–Crippen MR) is 49.8 cm³/mol. The van der Waals surface area contributed by atoms with Crippen molar-refractivity contribution >= 4 is 12.4 Å². The topological polar surface area (TPSA) is 52.5 Å². The van der Waals surface area contributed by atoms with Gasteiger partial charge >= 0.3 is 0 Å². The molecule has 0 saturated carbocycles. The van der Waals surface area contributed by atoms with Crippen LogP contribution in [-0.4, -0.2) is 17.3 Å². The zero-order valence-corrected chi connectivity index (χ0v) is 7.56. The first kappa shape index (κ1) is 11.1. The van der Waals surface area contributed by atoms with Gasteiger partial charge in [0.2, 0.25) is 0 Å². The molecule has 12 heavy (non-hydrogen) atoms. The summed E-state index contributed by atoms with van der Waals surface area (Å²) in [5.41, 5.74) is 0.866. The maximum atomic E-state index is 9.03. The molecule has 0 aromatic heterocycles. The van der Waals surface area contributed by atoms with Crippen molar-refractivity contribution in [1.29, 1.82) is 0 Å². The van der Waals surface area contributed by atoms with Crippen molar-refractivity contribution in [2.45, 2.75) is 6.54 Å². The van der Waals surface area contributed by atoms with E-state index in [0.717, 1.165) is 5.56 Å². The molecule has 3 nitrogen and oxygen atoms in total. The summed E-state index contributed by atoms with van der Waals surface area (Å²) < 4.78 is 0. The van der Waals surface area contributed by atoms with E-state index < -0.39 is 0 Å². The number of phenols is 2. The zero-order chi connectivity index (χ0) is 8.27. The van der Waals surface area contributed by atoms with E-state index in [4.69, 9.17) is 10.2 Å². The Hall–Kier alpha value is -0.930. The third-order valence-electron chi connectivity index (χ3n) is 1.34. The smallest absolute Gasteiger partial charge is 0.119 e. The van der Waals surface area contributed by atoms with Crippen LogP contribution >= 0.6 is 12.4 Å². The number of benzene rings is 1. The number of hydrogen-bond acceptors (Lipinski definition) is 3. The average molecular weight is 190 g/mol. The van der Waals surface area contributed by atoms with Gasteiger partial charge in [-0.1, -0.05) is 0 Å². The fourth-order valence-electron chi connectivity index (χ4n) is 0.963. The Morgan fingerprint density at radius 1 is 1.17 bits per heavy atom. The van der Waals surface area contributed by atoms with Gasteiger partial charge in [-0.15, -0.1) is 12.4 Å². The summed E-state index contributed by atoms with van der Waals surface area (Å²) in [6, 6.07) is 4.52.